The van der Waals surface area contributed by atoms with Crippen molar-refractivity contribution < 1.29 is 31.5 Å². The van der Waals surface area contributed by atoms with E-state index in [1.165, 1.54) is 28.6 Å². The molecule has 0 atom stereocenters. The molecule has 10 heteroatoms. The highest BCUT2D eigenvalue weighted by atomic mass is 32.2. The number of hydrogen-bond acceptors (Lipinski definition) is 5. The second kappa shape index (κ2) is 9.52. The fourth-order valence-corrected chi connectivity index (χ4v) is 4.90. The Kier molecular flexibility index (Phi) is 7.01. The molecule has 3 rings (SSSR count). The minimum absolute atomic E-state index is 0.0285. The number of anilines is 1. The molecule has 0 bridgehead atoms. The summed E-state index contributed by atoms with van der Waals surface area (Å²) in [6.45, 7) is 0.825. The maximum atomic E-state index is 14.1. The van der Waals surface area contributed by atoms with Crippen LogP contribution in [0.1, 0.15) is 46.4 Å². The molecule has 1 N–H and O–H groups in total. The van der Waals surface area contributed by atoms with Gasteiger partial charge in [-0.15, -0.1) is 0 Å². The van der Waals surface area contributed by atoms with E-state index in [-0.39, 0.29) is 10.5 Å². The van der Waals surface area contributed by atoms with Crippen molar-refractivity contribution in [2.24, 2.45) is 0 Å². The number of halogens is 2. The van der Waals surface area contributed by atoms with E-state index in [1.54, 1.807) is 0 Å². The number of amides is 1. The van der Waals surface area contributed by atoms with Crippen molar-refractivity contribution >= 4 is 27.6 Å². The highest BCUT2D eigenvalue weighted by molar-refractivity contribution is 7.89. The largest absolute Gasteiger partial charge is 0.465 e. The minimum Gasteiger partial charge on any atom is -0.465 e. The van der Waals surface area contributed by atoms with Crippen LogP contribution in [0.4, 0.5) is 14.5 Å². The molecule has 1 aliphatic rings. The molecular weight excluding hydrogens is 430 g/mol. The maximum Gasteiger partial charge on any atom is 0.340 e. The van der Waals surface area contributed by atoms with Crippen LogP contribution in [0, 0.1) is 11.6 Å². The van der Waals surface area contributed by atoms with Gasteiger partial charge in [-0.25, -0.2) is 22.0 Å². The number of sulfonamides is 1. The average Bonchev–Trinajstić information content (AvgIpc) is 3.05. The fraction of sp³-hybridized carbons (Fsp3) is 0.333. The highest BCUT2D eigenvalue weighted by Gasteiger charge is 2.26. The third-order valence-corrected chi connectivity index (χ3v) is 6.90. The van der Waals surface area contributed by atoms with Crippen LogP contribution in [0.25, 0.3) is 0 Å². The average molecular weight is 452 g/mol. The first-order valence-corrected chi connectivity index (χ1v) is 11.2. The van der Waals surface area contributed by atoms with Crippen LogP contribution in [-0.4, -0.2) is 44.8 Å². The molecule has 0 radical (unpaired) electrons. The summed E-state index contributed by atoms with van der Waals surface area (Å²) in [5, 5.41) is 2.24. The summed E-state index contributed by atoms with van der Waals surface area (Å²) in [6.07, 6.45) is 3.47. The first-order chi connectivity index (χ1) is 14.7. The van der Waals surface area contributed by atoms with Crippen LogP contribution in [0.2, 0.25) is 0 Å². The predicted octanol–water partition coefficient (Wildman–Crippen LogP) is 3.57. The van der Waals surface area contributed by atoms with E-state index in [0.717, 1.165) is 38.9 Å². The van der Waals surface area contributed by atoms with Gasteiger partial charge in [-0.1, -0.05) is 18.9 Å². The van der Waals surface area contributed by atoms with Gasteiger partial charge in [-0.3, -0.25) is 4.79 Å². The number of carbonyl (C=O) groups is 2. The molecule has 2 aromatic carbocycles. The molecule has 0 aromatic heterocycles. The SMILES string of the molecule is COC(=O)c1cc(NC(=O)c2cccc(S(=O)(=O)N3CCCCCC3)c2)c(F)cc1F. The van der Waals surface area contributed by atoms with E-state index in [0.29, 0.717) is 19.2 Å². The minimum atomic E-state index is -3.78. The molecule has 0 spiro atoms. The molecule has 31 heavy (non-hydrogen) atoms. The van der Waals surface area contributed by atoms with Gasteiger partial charge < -0.3 is 10.1 Å². The number of nitrogens with one attached hydrogen (secondary N) is 1. The Labute approximate surface area is 179 Å². The van der Waals surface area contributed by atoms with Gasteiger partial charge >= 0.3 is 5.97 Å². The van der Waals surface area contributed by atoms with Gasteiger partial charge in [-0.2, -0.15) is 4.31 Å². The number of esters is 1. The van der Waals surface area contributed by atoms with Gasteiger partial charge in [0.15, 0.2) is 0 Å². The van der Waals surface area contributed by atoms with Crippen molar-refractivity contribution in [3.8, 4) is 0 Å². The Morgan fingerprint density at radius 3 is 2.32 bits per heavy atom. The van der Waals surface area contributed by atoms with E-state index >= 15 is 0 Å². The van der Waals surface area contributed by atoms with Gasteiger partial charge in [0.05, 0.1) is 23.3 Å². The molecule has 1 saturated heterocycles. The van der Waals surface area contributed by atoms with Gasteiger partial charge in [0.2, 0.25) is 10.0 Å². The summed E-state index contributed by atoms with van der Waals surface area (Å²) < 4.78 is 59.7. The third kappa shape index (κ3) is 5.08. The molecule has 2 aromatic rings. The van der Waals surface area contributed by atoms with Crippen LogP contribution in [-0.2, 0) is 14.8 Å². The summed E-state index contributed by atoms with van der Waals surface area (Å²) in [5.41, 5.74) is -1.01. The molecule has 7 nitrogen and oxygen atoms in total. The zero-order valence-corrected chi connectivity index (χ0v) is 17.7. The lowest BCUT2D eigenvalue weighted by molar-refractivity contribution is 0.0595. The van der Waals surface area contributed by atoms with Gasteiger partial charge in [0, 0.05) is 24.7 Å². The summed E-state index contributed by atoms with van der Waals surface area (Å²) in [5.74, 6) is -4.06. The van der Waals surface area contributed by atoms with E-state index in [1.807, 2.05) is 0 Å². The van der Waals surface area contributed by atoms with Crippen molar-refractivity contribution in [2.45, 2.75) is 30.6 Å². The monoisotopic (exact) mass is 452 g/mol. The Morgan fingerprint density at radius 2 is 1.68 bits per heavy atom. The number of carbonyl (C=O) groups excluding carboxylic acids is 2. The molecule has 166 valence electrons. The number of ether oxygens (including phenoxy) is 1. The molecule has 0 unspecified atom stereocenters. The molecule has 0 aliphatic carbocycles. The van der Waals surface area contributed by atoms with Crippen LogP contribution in [0.5, 0.6) is 0 Å². The topological polar surface area (TPSA) is 92.8 Å². The molecule has 1 heterocycles. The number of benzene rings is 2. The standard InChI is InChI=1S/C21H22F2N2O5S/c1-30-21(27)16-12-19(18(23)13-17(16)22)24-20(26)14-7-6-8-15(11-14)31(28,29)25-9-4-2-3-5-10-25/h6-8,11-13H,2-5,9-10H2,1H3,(H,24,26). The number of hydrogen-bond donors (Lipinski definition) is 1. The van der Waals surface area contributed by atoms with Crippen LogP contribution in [0.3, 0.4) is 0 Å². The number of rotatable bonds is 5. The van der Waals surface area contributed by atoms with Crippen molar-refractivity contribution in [3.63, 3.8) is 0 Å². The fourth-order valence-electron chi connectivity index (χ4n) is 3.33. The van der Waals surface area contributed by atoms with E-state index in [9.17, 15) is 26.8 Å². The zero-order chi connectivity index (χ0) is 22.6. The second-order valence-corrected chi connectivity index (χ2v) is 9.04. The Balaban J connectivity index is 1.86. The Morgan fingerprint density at radius 1 is 1.00 bits per heavy atom. The smallest absolute Gasteiger partial charge is 0.340 e. The Hall–Kier alpha value is -2.85. The van der Waals surface area contributed by atoms with E-state index < -0.39 is 44.8 Å². The third-order valence-electron chi connectivity index (χ3n) is 5.01. The van der Waals surface area contributed by atoms with Crippen molar-refractivity contribution in [2.75, 3.05) is 25.5 Å². The van der Waals surface area contributed by atoms with E-state index in [2.05, 4.69) is 10.1 Å². The van der Waals surface area contributed by atoms with Gasteiger partial charge in [0.1, 0.15) is 11.6 Å². The normalized spacial score (nSPS) is 15.2. The molecular formula is C21H22F2N2O5S. The molecule has 0 saturated carbocycles. The molecule has 1 fully saturated rings. The quantitative estimate of drug-likeness (QED) is 0.701. The number of nitrogens with zero attached hydrogens (tertiary/aromatic N) is 1. The molecule has 1 amide bonds. The predicted molar refractivity (Wildman–Crippen MR) is 109 cm³/mol. The van der Waals surface area contributed by atoms with Crippen LogP contribution < -0.4 is 5.32 Å². The van der Waals surface area contributed by atoms with Crippen molar-refractivity contribution in [1.82, 2.24) is 4.31 Å². The summed E-state index contributed by atoms with van der Waals surface area (Å²) in [6, 6.07) is 6.68. The summed E-state index contributed by atoms with van der Waals surface area (Å²) in [4.78, 5) is 24.2. The van der Waals surface area contributed by atoms with Crippen molar-refractivity contribution in [1.29, 1.82) is 0 Å². The number of methoxy groups -OCH3 is 1. The lowest BCUT2D eigenvalue weighted by atomic mass is 10.1. The zero-order valence-electron chi connectivity index (χ0n) is 16.9. The lowest BCUT2D eigenvalue weighted by Gasteiger charge is -2.20. The first kappa shape index (κ1) is 22.8. The highest BCUT2D eigenvalue weighted by Crippen LogP contribution is 2.23. The van der Waals surface area contributed by atoms with Crippen LogP contribution >= 0.6 is 0 Å². The summed E-state index contributed by atoms with van der Waals surface area (Å²) >= 11 is 0. The molecule has 1 aliphatic heterocycles. The maximum absolute atomic E-state index is 14.1. The summed E-state index contributed by atoms with van der Waals surface area (Å²) in [7, 11) is -2.74. The van der Waals surface area contributed by atoms with Gasteiger partial charge in [0.25, 0.3) is 5.91 Å². The van der Waals surface area contributed by atoms with Crippen molar-refractivity contribution in [3.05, 3.63) is 59.2 Å². The van der Waals surface area contributed by atoms with Gasteiger partial charge in [-0.05, 0) is 37.1 Å². The lowest BCUT2D eigenvalue weighted by Crippen LogP contribution is -2.32. The second-order valence-electron chi connectivity index (χ2n) is 7.10. The van der Waals surface area contributed by atoms with Crippen LogP contribution in [0.15, 0.2) is 41.3 Å². The van der Waals surface area contributed by atoms with E-state index in [4.69, 9.17) is 0 Å². The Bertz CT molecular complexity index is 1100. The first-order valence-electron chi connectivity index (χ1n) is 9.73.